The third-order valence-electron chi connectivity index (χ3n) is 1.81. The van der Waals surface area contributed by atoms with Gasteiger partial charge in [-0.2, -0.15) is 0 Å². The first-order valence-electron chi connectivity index (χ1n) is 4.46. The van der Waals surface area contributed by atoms with Crippen LogP contribution in [0, 0.1) is 0 Å². The van der Waals surface area contributed by atoms with Crippen LogP contribution in [-0.4, -0.2) is 24.6 Å². The van der Waals surface area contributed by atoms with Crippen LogP contribution in [0.4, 0.5) is 0 Å². The molecule has 1 aromatic heterocycles. The monoisotopic (exact) mass is 167 g/mol. The summed E-state index contributed by atoms with van der Waals surface area (Å²) in [6.07, 6.45) is 6.14. The van der Waals surface area contributed by atoms with Crippen LogP contribution in [0.3, 0.4) is 0 Å². The fourth-order valence-electron chi connectivity index (χ4n) is 1.10. The first-order valence-corrected chi connectivity index (χ1v) is 4.46. The fraction of sp³-hybridized carbons (Fsp3) is 0.556. The second-order valence-corrected chi connectivity index (χ2v) is 2.86. The third kappa shape index (κ3) is 3.55. The SMILES string of the molecule is NCCCNCCc1cc[nH]c1. The smallest absolute Gasteiger partial charge is 0.00378 e. The molecule has 0 radical (unpaired) electrons. The zero-order valence-corrected chi connectivity index (χ0v) is 7.34. The molecule has 68 valence electrons. The molecule has 1 heterocycles. The van der Waals surface area contributed by atoms with Gasteiger partial charge in [0.05, 0.1) is 0 Å². The summed E-state index contributed by atoms with van der Waals surface area (Å²) < 4.78 is 0. The largest absolute Gasteiger partial charge is 0.367 e. The normalized spacial score (nSPS) is 10.4. The molecule has 1 rings (SSSR count). The number of hydrogen-bond acceptors (Lipinski definition) is 2. The van der Waals surface area contributed by atoms with Gasteiger partial charge in [-0.1, -0.05) is 0 Å². The van der Waals surface area contributed by atoms with Crippen LogP contribution in [0.2, 0.25) is 0 Å². The summed E-state index contributed by atoms with van der Waals surface area (Å²) in [7, 11) is 0. The van der Waals surface area contributed by atoms with Gasteiger partial charge < -0.3 is 16.0 Å². The first kappa shape index (κ1) is 9.29. The molecule has 0 unspecified atom stereocenters. The van der Waals surface area contributed by atoms with Gasteiger partial charge in [-0.3, -0.25) is 0 Å². The van der Waals surface area contributed by atoms with E-state index in [9.17, 15) is 0 Å². The summed E-state index contributed by atoms with van der Waals surface area (Å²) in [5.41, 5.74) is 6.72. The van der Waals surface area contributed by atoms with Crippen molar-refractivity contribution in [1.29, 1.82) is 0 Å². The highest BCUT2D eigenvalue weighted by atomic mass is 14.8. The summed E-state index contributed by atoms with van der Waals surface area (Å²) in [6.45, 7) is 2.84. The Bertz CT molecular complexity index is 182. The van der Waals surface area contributed by atoms with Crippen LogP contribution in [-0.2, 0) is 6.42 Å². The minimum absolute atomic E-state index is 0.775. The Labute approximate surface area is 73.4 Å². The second-order valence-electron chi connectivity index (χ2n) is 2.86. The molecular formula is C9H17N3. The van der Waals surface area contributed by atoms with Crippen LogP contribution in [0.15, 0.2) is 18.5 Å². The van der Waals surface area contributed by atoms with Crippen molar-refractivity contribution < 1.29 is 0 Å². The molecule has 0 aromatic carbocycles. The Morgan fingerprint density at radius 1 is 1.42 bits per heavy atom. The Kier molecular flexibility index (Phi) is 4.49. The van der Waals surface area contributed by atoms with Crippen molar-refractivity contribution in [3.63, 3.8) is 0 Å². The summed E-state index contributed by atoms with van der Waals surface area (Å²) in [5, 5.41) is 3.33. The molecule has 4 N–H and O–H groups in total. The maximum absolute atomic E-state index is 5.36. The van der Waals surface area contributed by atoms with E-state index in [2.05, 4.69) is 16.4 Å². The zero-order valence-electron chi connectivity index (χ0n) is 7.34. The number of rotatable bonds is 6. The van der Waals surface area contributed by atoms with Crippen molar-refractivity contribution in [1.82, 2.24) is 10.3 Å². The molecular weight excluding hydrogens is 150 g/mol. The lowest BCUT2D eigenvalue weighted by molar-refractivity contribution is 0.653. The molecule has 12 heavy (non-hydrogen) atoms. The summed E-state index contributed by atoms with van der Waals surface area (Å²) in [5.74, 6) is 0. The van der Waals surface area contributed by atoms with E-state index in [0.717, 1.165) is 32.5 Å². The number of nitrogens with one attached hydrogen (secondary N) is 2. The molecule has 3 nitrogen and oxygen atoms in total. The van der Waals surface area contributed by atoms with Crippen molar-refractivity contribution in [2.75, 3.05) is 19.6 Å². The number of aromatic nitrogens is 1. The highest BCUT2D eigenvalue weighted by Gasteiger charge is 1.91. The number of H-pyrrole nitrogens is 1. The lowest BCUT2D eigenvalue weighted by Gasteiger charge is -2.01. The summed E-state index contributed by atoms with van der Waals surface area (Å²) >= 11 is 0. The summed E-state index contributed by atoms with van der Waals surface area (Å²) in [6, 6.07) is 2.10. The van der Waals surface area contributed by atoms with Gasteiger partial charge in [0, 0.05) is 12.4 Å². The predicted octanol–water partition coefficient (Wildman–Crippen LogP) is 0.496. The highest BCUT2D eigenvalue weighted by Crippen LogP contribution is 1.95. The molecule has 0 saturated heterocycles. The van der Waals surface area contributed by atoms with Gasteiger partial charge >= 0.3 is 0 Å². The molecule has 3 heteroatoms. The van der Waals surface area contributed by atoms with Crippen molar-refractivity contribution in [3.8, 4) is 0 Å². The molecule has 0 atom stereocenters. The van der Waals surface area contributed by atoms with E-state index >= 15 is 0 Å². The molecule has 1 aromatic rings. The molecule has 0 aliphatic rings. The maximum Gasteiger partial charge on any atom is 0.00378 e. The number of aromatic amines is 1. The first-order chi connectivity index (χ1) is 5.93. The van der Waals surface area contributed by atoms with Gasteiger partial charge in [-0.25, -0.2) is 0 Å². The van der Waals surface area contributed by atoms with E-state index in [0.29, 0.717) is 0 Å². The van der Waals surface area contributed by atoms with E-state index in [1.165, 1.54) is 5.56 Å². The quantitative estimate of drug-likeness (QED) is 0.540. The Balaban J connectivity index is 1.96. The van der Waals surface area contributed by atoms with Crippen LogP contribution in [0.1, 0.15) is 12.0 Å². The van der Waals surface area contributed by atoms with Crippen molar-refractivity contribution in [2.45, 2.75) is 12.8 Å². The van der Waals surface area contributed by atoms with E-state index < -0.39 is 0 Å². The van der Waals surface area contributed by atoms with Gasteiger partial charge in [-0.15, -0.1) is 0 Å². The minimum Gasteiger partial charge on any atom is -0.367 e. The van der Waals surface area contributed by atoms with E-state index in [1.807, 2.05) is 12.4 Å². The predicted molar refractivity (Wildman–Crippen MR) is 51.0 cm³/mol. The Morgan fingerprint density at radius 2 is 2.33 bits per heavy atom. The van der Waals surface area contributed by atoms with Crippen molar-refractivity contribution >= 4 is 0 Å². The van der Waals surface area contributed by atoms with Crippen LogP contribution in [0.25, 0.3) is 0 Å². The van der Waals surface area contributed by atoms with Gasteiger partial charge in [0.25, 0.3) is 0 Å². The molecule has 0 fully saturated rings. The second kappa shape index (κ2) is 5.80. The molecule has 0 amide bonds. The van der Waals surface area contributed by atoms with Crippen LogP contribution < -0.4 is 11.1 Å². The minimum atomic E-state index is 0.775. The lowest BCUT2D eigenvalue weighted by atomic mass is 10.2. The van der Waals surface area contributed by atoms with E-state index in [4.69, 9.17) is 5.73 Å². The average Bonchev–Trinajstić information content (AvgIpc) is 2.57. The zero-order chi connectivity index (χ0) is 8.65. The topological polar surface area (TPSA) is 53.8 Å². The maximum atomic E-state index is 5.36. The van der Waals surface area contributed by atoms with Gasteiger partial charge in [-0.05, 0) is 44.1 Å². The standard InChI is InChI=1S/C9H17N3/c10-4-1-5-11-6-2-9-3-7-12-8-9/h3,7-8,11-12H,1-2,4-6,10H2. The van der Waals surface area contributed by atoms with E-state index in [-0.39, 0.29) is 0 Å². The van der Waals surface area contributed by atoms with Crippen LogP contribution in [0.5, 0.6) is 0 Å². The molecule has 0 aliphatic heterocycles. The Hall–Kier alpha value is -0.800. The lowest BCUT2D eigenvalue weighted by Crippen LogP contribution is -2.20. The van der Waals surface area contributed by atoms with Crippen molar-refractivity contribution in [3.05, 3.63) is 24.0 Å². The average molecular weight is 167 g/mol. The van der Waals surface area contributed by atoms with Crippen molar-refractivity contribution in [2.24, 2.45) is 5.73 Å². The van der Waals surface area contributed by atoms with Crippen LogP contribution >= 0.6 is 0 Å². The third-order valence-corrected chi connectivity index (χ3v) is 1.81. The van der Waals surface area contributed by atoms with Gasteiger partial charge in [0.15, 0.2) is 0 Å². The molecule has 0 bridgehead atoms. The Morgan fingerprint density at radius 3 is 3.00 bits per heavy atom. The molecule has 0 spiro atoms. The molecule has 0 saturated carbocycles. The number of nitrogens with two attached hydrogens (primary N) is 1. The van der Waals surface area contributed by atoms with Gasteiger partial charge in [0.1, 0.15) is 0 Å². The van der Waals surface area contributed by atoms with Gasteiger partial charge in [0.2, 0.25) is 0 Å². The number of hydrogen-bond donors (Lipinski definition) is 3. The molecule has 0 aliphatic carbocycles. The summed E-state index contributed by atoms with van der Waals surface area (Å²) in [4.78, 5) is 3.03. The van der Waals surface area contributed by atoms with E-state index in [1.54, 1.807) is 0 Å². The fourth-order valence-corrected chi connectivity index (χ4v) is 1.10. The highest BCUT2D eigenvalue weighted by molar-refractivity contribution is 5.08.